The number of nitrogens with zero attached hydrogens (tertiary/aromatic N) is 3. The van der Waals surface area contributed by atoms with Crippen LogP contribution < -0.4 is 15.5 Å². The molecule has 2 amide bonds. The second-order valence-electron chi connectivity index (χ2n) is 5.96. The molecular formula is C17H19N5O2. The standard InChI is InChI=1S/C17H19N5O2/c1-22(2)17-18-9-14(10-19-17)21-16(24)12-4-3-5-13(8-12)20-15(23)11-6-7-11/h3-5,8-11H,6-7H2,1-2H3,(H,20,23)(H,21,24). The van der Waals surface area contributed by atoms with Gasteiger partial charge in [-0.05, 0) is 31.0 Å². The minimum absolute atomic E-state index is 0.0141. The first-order valence-corrected chi connectivity index (χ1v) is 7.74. The van der Waals surface area contributed by atoms with Crippen molar-refractivity contribution in [2.24, 2.45) is 5.92 Å². The predicted octanol–water partition coefficient (Wildman–Crippen LogP) is 2.14. The van der Waals surface area contributed by atoms with Gasteiger partial charge < -0.3 is 15.5 Å². The van der Waals surface area contributed by atoms with Gasteiger partial charge in [0.25, 0.3) is 5.91 Å². The van der Waals surface area contributed by atoms with E-state index in [1.54, 1.807) is 41.6 Å². The van der Waals surface area contributed by atoms with Gasteiger partial charge in [-0.25, -0.2) is 9.97 Å². The van der Waals surface area contributed by atoms with Crippen molar-refractivity contribution in [1.29, 1.82) is 0 Å². The van der Waals surface area contributed by atoms with E-state index in [1.165, 1.54) is 0 Å². The Morgan fingerprint density at radius 1 is 1.08 bits per heavy atom. The minimum atomic E-state index is -0.279. The Hall–Kier alpha value is -2.96. The lowest BCUT2D eigenvalue weighted by atomic mass is 10.2. The Morgan fingerprint density at radius 2 is 1.79 bits per heavy atom. The summed E-state index contributed by atoms with van der Waals surface area (Å²) >= 11 is 0. The van der Waals surface area contributed by atoms with E-state index in [2.05, 4.69) is 20.6 Å². The monoisotopic (exact) mass is 325 g/mol. The number of amides is 2. The van der Waals surface area contributed by atoms with E-state index in [0.29, 0.717) is 22.9 Å². The second-order valence-corrected chi connectivity index (χ2v) is 5.96. The van der Waals surface area contributed by atoms with E-state index in [4.69, 9.17) is 0 Å². The fourth-order valence-electron chi connectivity index (χ4n) is 2.15. The van der Waals surface area contributed by atoms with Crippen molar-refractivity contribution in [2.75, 3.05) is 29.6 Å². The summed E-state index contributed by atoms with van der Waals surface area (Å²) in [5.41, 5.74) is 1.59. The van der Waals surface area contributed by atoms with Crippen molar-refractivity contribution < 1.29 is 9.59 Å². The van der Waals surface area contributed by atoms with Gasteiger partial charge in [-0.15, -0.1) is 0 Å². The van der Waals surface area contributed by atoms with E-state index in [0.717, 1.165) is 12.8 Å². The summed E-state index contributed by atoms with van der Waals surface area (Å²) in [4.78, 5) is 34.2. The fraction of sp³-hybridized carbons (Fsp3) is 0.294. The average Bonchev–Trinajstić information content (AvgIpc) is 3.40. The molecule has 0 bridgehead atoms. The Balaban J connectivity index is 1.66. The van der Waals surface area contributed by atoms with Gasteiger partial charge in [-0.2, -0.15) is 0 Å². The number of hydrogen-bond acceptors (Lipinski definition) is 5. The van der Waals surface area contributed by atoms with E-state index >= 15 is 0 Å². The average molecular weight is 325 g/mol. The molecule has 124 valence electrons. The molecular weight excluding hydrogens is 306 g/mol. The molecule has 0 saturated heterocycles. The summed E-state index contributed by atoms with van der Waals surface area (Å²) in [7, 11) is 3.68. The van der Waals surface area contributed by atoms with Crippen LogP contribution in [0.2, 0.25) is 0 Å². The molecule has 0 aliphatic heterocycles. The van der Waals surface area contributed by atoms with Crippen molar-refractivity contribution in [3.8, 4) is 0 Å². The van der Waals surface area contributed by atoms with Crippen LogP contribution in [-0.2, 0) is 4.79 Å². The Kier molecular flexibility index (Phi) is 4.41. The predicted molar refractivity (Wildman–Crippen MR) is 92.1 cm³/mol. The maximum Gasteiger partial charge on any atom is 0.255 e. The molecule has 1 aromatic carbocycles. The van der Waals surface area contributed by atoms with Crippen LogP contribution in [0.25, 0.3) is 0 Å². The van der Waals surface area contributed by atoms with Gasteiger partial charge in [-0.3, -0.25) is 9.59 Å². The van der Waals surface area contributed by atoms with Crippen LogP contribution in [0, 0.1) is 5.92 Å². The minimum Gasteiger partial charge on any atom is -0.347 e. The van der Waals surface area contributed by atoms with Crippen LogP contribution >= 0.6 is 0 Å². The zero-order chi connectivity index (χ0) is 17.1. The largest absolute Gasteiger partial charge is 0.347 e. The zero-order valence-electron chi connectivity index (χ0n) is 13.6. The lowest BCUT2D eigenvalue weighted by molar-refractivity contribution is -0.117. The second kappa shape index (κ2) is 6.66. The topological polar surface area (TPSA) is 87.2 Å². The molecule has 2 N–H and O–H groups in total. The number of rotatable bonds is 5. The van der Waals surface area contributed by atoms with E-state index < -0.39 is 0 Å². The van der Waals surface area contributed by atoms with Gasteiger partial charge in [0, 0.05) is 31.3 Å². The van der Waals surface area contributed by atoms with Crippen molar-refractivity contribution in [1.82, 2.24) is 9.97 Å². The number of carbonyl (C=O) groups excluding carboxylic acids is 2. The van der Waals surface area contributed by atoms with Crippen LogP contribution in [0.5, 0.6) is 0 Å². The number of carbonyl (C=O) groups is 2. The summed E-state index contributed by atoms with van der Waals surface area (Å²) in [6, 6.07) is 6.86. The lowest BCUT2D eigenvalue weighted by Crippen LogP contribution is -2.16. The molecule has 1 heterocycles. The van der Waals surface area contributed by atoms with Crippen LogP contribution in [0.1, 0.15) is 23.2 Å². The normalized spacial score (nSPS) is 13.2. The highest BCUT2D eigenvalue weighted by Gasteiger charge is 2.29. The van der Waals surface area contributed by atoms with Gasteiger partial charge >= 0.3 is 0 Å². The molecule has 2 aromatic rings. The van der Waals surface area contributed by atoms with Gasteiger partial charge in [-0.1, -0.05) is 6.07 Å². The molecule has 0 unspecified atom stereocenters. The zero-order valence-corrected chi connectivity index (χ0v) is 13.6. The third-order valence-electron chi connectivity index (χ3n) is 3.64. The fourth-order valence-corrected chi connectivity index (χ4v) is 2.15. The third-order valence-corrected chi connectivity index (χ3v) is 3.64. The maximum absolute atomic E-state index is 12.3. The van der Waals surface area contributed by atoms with E-state index in [1.807, 2.05) is 14.1 Å². The number of anilines is 3. The van der Waals surface area contributed by atoms with Gasteiger partial charge in [0.1, 0.15) is 0 Å². The van der Waals surface area contributed by atoms with Crippen LogP contribution in [-0.4, -0.2) is 35.9 Å². The molecule has 1 fully saturated rings. The molecule has 1 aromatic heterocycles. The first-order valence-electron chi connectivity index (χ1n) is 7.74. The number of benzene rings is 1. The van der Waals surface area contributed by atoms with Gasteiger partial charge in [0.2, 0.25) is 11.9 Å². The van der Waals surface area contributed by atoms with Gasteiger partial charge in [0.15, 0.2) is 0 Å². The number of nitrogens with one attached hydrogen (secondary N) is 2. The lowest BCUT2D eigenvalue weighted by Gasteiger charge is -2.11. The highest BCUT2D eigenvalue weighted by Crippen LogP contribution is 2.30. The molecule has 0 atom stereocenters. The smallest absolute Gasteiger partial charge is 0.255 e. The van der Waals surface area contributed by atoms with Crippen LogP contribution in [0.3, 0.4) is 0 Å². The molecule has 24 heavy (non-hydrogen) atoms. The van der Waals surface area contributed by atoms with Crippen molar-refractivity contribution in [2.45, 2.75) is 12.8 Å². The van der Waals surface area contributed by atoms with Crippen molar-refractivity contribution in [3.63, 3.8) is 0 Å². The Labute approximate surface area is 140 Å². The SMILES string of the molecule is CN(C)c1ncc(NC(=O)c2cccc(NC(=O)C3CC3)c2)cn1. The summed E-state index contributed by atoms with van der Waals surface area (Å²) in [5, 5.41) is 5.58. The number of hydrogen-bond donors (Lipinski definition) is 2. The Bertz CT molecular complexity index is 754. The molecule has 0 radical (unpaired) electrons. The molecule has 1 aliphatic carbocycles. The molecule has 7 heteroatoms. The van der Waals surface area contributed by atoms with Crippen LogP contribution in [0.4, 0.5) is 17.3 Å². The molecule has 7 nitrogen and oxygen atoms in total. The van der Waals surface area contributed by atoms with E-state index in [9.17, 15) is 9.59 Å². The van der Waals surface area contributed by atoms with Gasteiger partial charge in [0.05, 0.1) is 18.1 Å². The molecule has 0 spiro atoms. The third kappa shape index (κ3) is 3.87. The van der Waals surface area contributed by atoms with E-state index in [-0.39, 0.29) is 17.7 Å². The maximum atomic E-state index is 12.3. The molecule has 1 aliphatic rings. The summed E-state index contributed by atoms with van der Waals surface area (Å²) in [5.74, 6) is 0.423. The molecule has 3 rings (SSSR count). The highest BCUT2D eigenvalue weighted by atomic mass is 16.2. The van der Waals surface area contributed by atoms with Crippen molar-refractivity contribution in [3.05, 3.63) is 42.2 Å². The molecule has 1 saturated carbocycles. The Morgan fingerprint density at radius 3 is 2.42 bits per heavy atom. The first kappa shape index (κ1) is 15.9. The summed E-state index contributed by atoms with van der Waals surface area (Å²) in [6.07, 6.45) is 4.99. The van der Waals surface area contributed by atoms with Crippen molar-refractivity contribution >= 4 is 29.1 Å². The summed E-state index contributed by atoms with van der Waals surface area (Å²) in [6.45, 7) is 0. The van der Waals surface area contributed by atoms with Crippen LogP contribution in [0.15, 0.2) is 36.7 Å². The highest BCUT2D eigenvalue weighted by molar-refractivity contribution is 6.05. The summed E-state index contributed by atoms with van der Waals surface area (Å²) < 4.78 is 0. The first-order chi connectivity index (χ1) is 11.5. The number of aromatic nitrogens is 2. The quantitative estimate of drug-likeness (QED) is 0.879.